The molecule has 3 amide bonds. The average Bonchev–Trinajstić information content (AvgIpc) is 3.38. The molecule has 2 fully saturated rings. The van der Waals surface area contributed by atoms with Crippen molar-refractivity contribution < 1.29 is 53.4 Å². The Bertz CT molecular complexity index is 2600. The lowest BCUT2D eigenvalue weighted by atomic mass is 9.91. The van der Waals surface area contributed by atoms with Gasteiger partial charge in [-0.05, 0) is 93.0 Å². The Hall–Kier alpha value is -6.63. The van der Waals surface area contributed by atoms with Crippen LogP contribution in [0.3, 0.4) is 0 Å². The van der Waals surface area contributed by atoms with Crippen molar-refractivity contribution in [2.75, 3.05) is 101 Å². The van der Waals surface area contributed by atoms with Gasteiger partial charge in [0.15, 0.2) is 6.79 Å². The molecule has 4 atom stereocenters. The first kappa shape index (κ1) is 57.1. The number of rotatable bonds is 21. The van der Waals surface area contributed by atoms with Crippen molar-refractivity contribution in [3.63, 3.8) is 0 Å². The Morgan fingerprint density at radius 2 is 1.32 bits per heavy atom. The summed E-state index contributed by atoms with van der Waals surface area (Å²) in [5.74, 6) is 2.03. The minimum Gasteiger partial charge on any atom is -0.508 e. The Labute approximate surface area is 444 Å². The van der Waals surface area contributed by atoms with Crippen molar-refractivity contribution in [1.29, 1.82) is 0 Å². The number of methoxy groups -OCH3 is 1. The predicted octanol–water partition coefficient (Wildman–Crippen LogP) is 3.21. The third kappa shape index (κ3) is 15.7. The number of benzene rings is 2. The highest BCUT2D eigenvalue weighted by Crippen LogP contribution is 2.30. The highest BCUT2D eigenvalue weighted by Gasteiger charge is 2.38. The van der Waals surface area contributed by atoms with Gasteiger partial charge in [0.25, 0.3) is 11.8 Å². The zero-order chi connectivity index (χ0) is 54.5. The van der Waals surface area contributed by atoms with Crippen molar-refractivity contribution in [3.05, 3.63) is 82.2 Å². The lowest BCUT2D eigenvalue weighted by molar-refractivity contribution is -0.0114. The Kier molecular flexibility index (Phi) is 19.8. The number of phenols is 1. The molecule has 0 bridgehead atoms. The monoisotopic (exact) mass is 1060 g/mol. The molecule has 4 aliphatic rings. The molecule has 0 unspecified atom stereocenters. The molecular weight excluding hydrogens is 981 g/mol. The average molecular weight is 1060 g/mol. The summed E-state index contributed by atoms with van der Waals surface area (Å²) in [6.07, 6.45) is 0.400. The molecule has 0 aliphatic carbocycles. The first-order valence-corrected chi connectivity index (χ1v) is 26.0. The molecular formula is C53H76N12O11. The van der Waals surface area contributed by atoms with Crippen LogP contribution in [0.2, 0.25) is 0 Å². The van der Waals surface area contributed by atoms with E-state index in [0.717, 1.165) is 48.2 Å². The Morgan fingerprint density at radius 1 is 0.763 bits per heavy atom. The number of hydrogen-bond acceptors (Lipinski definition) is 20. The van der Waals surface area contributed by atoms with E-state index in [2.05, 4.69) is 60.4 Å². The fraction of sp³-hybridized carbons (Fsp3) is 0.566. The van der Waals surface area contributed by atoms with E-state index in [0.29, 0.717) is 75.1 Å². The SMILES string of the molecule is CCCN(C)c1nc(NC2COC2)cc(C(=O)NC[C@@H](O)[C@@H]2Cc3ccc(O)cc3CN2)n1.CCCN(C)c1nc(NC2COC2)cc(C(=O)NC[C@@H](O)[C@@H]2Cc3ccc(OCOC)cc3CN2C(=O)OC(C)(C)C)n1. The van der Waals surface area contributed by atoms with Gasteiger partial charge in [0.1, 0.15) is 40.1 Å². The van der Waals surface area contributed by atoms with Crippen LogP contribution >= 0.6 is 0 Å². The number of nitrogens with zero attached hydrogens (tertiary/aromatic N) is 7. The van der Waals surface area contributed by atoms with Gasteiger partial charge >= 0.3 is 6.09 Å². The molecule has 23 nitrogen and oxygen atoms in total. The Balaban J connectivity index is 0.000000229. The Morgan fingerprint density at radius 3 is 1.84 bits per heavy atom. The van der Waals surface area contributed by atoms with Crippen LogP contribution < -0.4 is 41.1 Å². The fourth-order valence-corrected chi connectivity index (χ4v) is 8.84. The molecule has 4 aliphatic heterocycles. The summed E-state index contributed by atoms with van der Waals surface area (Å²) in [7, 11) is 5.31. The van der Waals surface area contributed by atoms with Crippen LogP contribution in [0.25, 0.3) is 0 Å². The standard InChI is InChI=1S/C30H44N6O7.C23H32N6O4/c1-7-10-35(5)28-33-23(13-26(34-28)32-21-16-41-17-21)27(38)31-14-25(37)24-12-19-8-9-22(42-18-40-6)11-20(19)15-36(24)29(39)43-30(2,3)4;1-3-6-29(2)23-27-19(9-21(28-23)26-16-12-33-13-16)22(32)25-11-20(31)18-8-14-4-5-17(30)7-15(14)10-24-18/h8-9,11,13,21,24-25,37H,7,10,12,14-18H2,1-6H3,(H,31,38)(H,32,33,34);4-5,7,9,16,18,20,24,30-31H,3,6,8,10-13H2,1-2H3,(H,25,32)(H,26,27,28)/t24-,25+;18-,20+/m00/s1. The third-order valence-electron chi connectivity index (χ3n) is 13.0. The zero-order valence-corrected chi connectivity index (χ0v) is 44.9. The second-order valence-corrected chi connectivity index (χ2v) is 20.5. The molecule has 4 aromatic rings. The van der Waals surface area contributed by atoms with E-state index >= 15 is 0 Å². The molecule has 76 heavy (non-hydrogen) atoms. The fourth-order valence-electron chi connectivity index (χ4n) is 8.84. The maximum absolute atomic E-state index is 13.3. The topological polar surface area (TPSA) is 279 Å². The van der Waals surface area contributed by atoms with Crippen LogP contribution in [-0.2, 0) is 44.9 Å². The number of amides is 3. The quantitative estimate of drug-likeness (QED) is 0.0556. The van der Waals surface area contributed by atoms with E-state index in [1.807, 2.05) is 48.2 Å². The molecule has 0 radical (unpaired) electrons. The minimum atomic E-state index is -1.08. The predicted molar refractivity (Wildman–Crippen MR) is 285 cm³/mol. The van der Waals surface area contributed by atoms with Crippen molar-refractivity contribution in [2.45, 2.75) is 115 Å². The number of hydrogen-bond donors (Lipinski definition) is 8. The van der Waals surface area contributed by atoms with Crippen LogP contribution in [0.5, 0.6) is 11.5 Å². The maximum atomic E-state index is 13.3. The van der Waals surface area contributed by atoms with Crippen molar-refractivity contribution in [2.24, 2.45) is 0 Å². The molecule has 6 heterocycles. The van der Waals surface area contributed by atoms with E-state index in [9.17, 15) is 29.7 Å². The van der Waals surface area contributed by atoms with Crippen molar-refractivity contribution >= 4 is 41.4 Å². The second-order valence-electron chi connectivity index (χ2n) is 20.5. The lowest BCUT2D eigenvalue weighted by Crippen LogP contribution is -2.54. The number of aromatic nitrogens is 4. The van der Waals surface area contributed by atoms with Crippen LogP contribution in [0, 0.1) is 0 Å². The lowest BCUT2D eigenvalue weighted by Gasteiger charge is -2.40. The maximum Gasteiger partial charge on any atom is 0.410 e. The van der Waals surface area contributed by atoms with E-state index in [-0.39, 0.29) is 67.6 Å². The van der Waals surface area contributed by atoms with E-state index in [4.69, 9.17) is 23.7 Å². The molecule has 23 heteroatoms. The van der Waals surface area contributed by atoms with E-state index in [1.165, 1.54) is 4.90 Å². The molecule has 414 valence electrons. The smallest absolute Gasteiger partial charge is 0.410 e. The van der Waals surface area contributed by atoms with Gasteiger partial charge in [-0.3, -0.25) is 14.5 Å². The number of fused-ring (bicyclic) bond motifs is 2. The van der Waals surface area contributed by atoms with Crippen LogP contribution in [0.1, 0.15) is 90.7 Å². The summed E-state index contributed by atoms with van der Waals surface area (Å²) in [5.41, 5.74) is 3.64. The van der Waals surface area contributed by atoms with Gasteiger partial charge in [0, 0.05) is 78.6 Å². The van der Waals surface area contributed by atoms with Crippen molar-refractivity contribution in [3.8, 4) is 11.5 Å². The van der Waals surface area contributed by atoms with E-state index < -0.39 is 35.9 Å². The molecule has 8 N–H and O–H groups in total. The number of anilines is 4. The highest BCUT2D eigenvalue weighted by molar-refractivity contribution is 5.94. The van der Waals surface area contributed by atoms with Crippen LogP contribution in [-0.4, -0.2) is 181 Å². The van der Waals surface area contributed by atoms with Gasteiger partial charge in [0.05, 0.1) is 56.8 Å². The summed E-state index contributed by atoms with van der Waals surface area (Å²) < 4.78 is 26.7. The molecule has 2 aromatic carbocycles. The van der Waals surface area contributed by atoms with Crippen LogP contribution in [0.15, 0.2) is 48.5 Å². The first-order chi connectivity index (χ1) is 36.4. The summed E-state index contributed by atoms with van der Waals surface area (Å²) in [6, 6.07) is 13.5. The summed E-state index contributed by atoms with van der Waals surface area (Å²) in [5, 5.41) is 47.1. The number of phenolic OH excluding ortho intramolecular Hbond substituents is 1. The van der Waals surface area contributed by atoms with Gasteiger partial charge < -0.3 is 75.4 Å². The van der Waals surface area contributed by atoms with Gasteiger partial charge in [-0.1, -0.05) is 26.0 Å². The largest absolute Gasteiger partial charge is 0.508 e. The van der Waals surface area contributed by atoms with Gasteiger partial charge in [-0.15, -0.1) is 0 Å². The first-order valence-electron chi connectivity index (χ1n) is 26.0. The minimum absolute atomic E-state index is 0.0906. The summed E-state index contributed by atoms with van der Waals surface area (Å²) in [6.45, 7) is 14.2. The highest BCUT2D eigenvalue weighted by atomic mass is 16.7. The number of nitrogens with one attached hydrogen (secondary N) is 5. The normalized spacial score (nSPS) is 17.9. The number of aliphatic hydroxyl groups excluding tert-OH is 2. The second kappa shape index (κ2) is 26.4. The number of aliphatic hydroxyl groups is 2. The third-order valence-corrected chi connectivity index (χ3v) is 13.0. The molecule has 2 aromatic heterocycles. The molecule has 2 saturated heterocycles. The number of ether oxygens (including phenoxy) is 5. The number of aromatic hydroxyl groups is 1. The molecule has 8 rings (SSSR count). The summed E-state index contributed by atoms with van der Waals surface area (Å²) >= 11 is 0. The molecule has 0 spiro atoms. The van der Waals surface area contributed by atoms with Gasteiger partial charge in [-0.2, -0.15) is 9.97 Å². The van der Waals surface area contributed by atoms with Crippen LogP contribution in [0.4, 0.5) is 28.3 Å². The number of carbonyl (C=O) groups excluding carboxylic acids is 3. The summed E-state index contributed by atoms with van der Waals surface area (Å²) in [4.78, 5) is 62.8. The van der Waals surface area contributed by atoms with Crippen molar-refractivity contribution in [1.82, 2.24) is 40.8 Å². The number of carbonyl (C=O) groups is 3. The van der Waals surface area contributed by atoms with Gasteiger partial charge in [0.2, 0.25) is 11.9 Å². The van der Waals surface area contributed by atoms with E-state index in [1.54, 1.807) is 52.1 Å². The van der Waals surface area contributed by atoms with Gasteiger partial charge in [-0.25, -0.2) is 14.8 Å². The molecule has 0 saturated carbocycles. The zero-order valence-electron chi connectivity index (χ0n) is 44.9.